The molecule has 3 rings (SSSR count). The van der Waals surface area contributed by atoms with Gasteiger partial charge in [0.25, 0.3) is 5.60 Å². The molecular formula is C19H14F4O3. The molecule has 0 bridgehead atoms. The van der Waals surface area contributed by atoms with Crippen molar-refractivity contribution < 1.29 is 32.2 Å². The molecule has 0 aliphatic heterocycles. The van der Waals surface area contributed by atoms with Crippen LogP contribution in [0.4, 0.5) is 17.6 Å². The summed E-state index contributed by atoms with van der Waals surface area (Å²) in [5.74, 6) is -2.36. The van der Waals surface area contributed by atoms with E-state index in [0.29, 0.717) is 10.8 Å². The summed E-state index contributed by atoms with van der Waals surface area (Å²) in [5.41, 5.74) is -4.49. The summed E-state index contributed by atoms with van der Waals surface area (Å²) in [6.07, 6.45) is -5.30. The zero-order valence-electron chi connectivity index (χ0n) is 13.6. The number of alkyl halides is 3. The quantitative estimate of drug-likeness (QED) is 0.423. The third-order valence-electron chi connectivity index (χ3n) is 4.21. The molecule has 0 radical (unpaired) electrons. The molecule has 1 N–H and O–H groups in total. The lowest BCUT2D eigenvalue weighted by molar-refractivity contribution is -0.267. The average Bonchev–Trinajstić information content (AvgIpc) is 2.59. The highest BCUT2D eigenvalue weighted by atomic mass is 19.4. The third kappa shape index (κ3) is 2.68. The van der Waals surface area contributed by atoms with Gasteiger partial charge in [-0.05, 0) is 40.6 Å². The lowest BCUT2D eigenvalue weighted by atomic mass is 9.87. The Morgan fingerprint density at radius 1 is 1.04 bits per heavy atom. The first kappa shape index (κ1) is 18.1. The molecule has 0 amide bonds. The minimum absolute atomic E-state index is 0.0153. The fourth-order valence-corrected chi connectivity index (χ4v) is 2.99. The lowest BCUT2D eigenvalue weighted by Gasteiger charge is -2.29. The predicted molar refractivity (Wildman–Crippen MR) is 88.0 cm³/mol. The fraction of sp³-hybridized carbons (Fsp3) is 0.211. The molecule has 0 aliphatic carbocycles. The van der Waals surface area contributed by atoms with Gasteiger partial charge >= 0.3 is 12.1 Å². The molecule has 0 saturated carbocycles. The molecule has 1 unspecified atom stereocenters. The van der Waals surface area contributed by atoms with Crippen LogP contribution in [0.3, 0.4) is 0 Å². The van der Waals surface area contributed by atoms with Crippen molar-refractivity contribution in [3.8, 4) is 0 Å². The van der Waals surface area contributed by atoms with Crippen molar-refractivity contribution >= 4 is 27.5 Å². The topological polar surface area (TPSA) is 46.5 Å². The average molecular weight is 366 g/mol. The number of esters is 1. The Hall–Kier alpha value is -2.67. The van der Waals surface area contributed by atoms with E-state index in [1.54, 1.807) is 0 Å². The van der Waals surface area contributed by atoms with Gasteiger partial charge in [-0.25, -0.2) is 9.18 Å². The first-order valence-corrected chi connectivity index (χ1v) is 7.78. The first-order chi connectivity index (χ1) is 12.2. The number of hydrogen-bond donors (Lipinski definition) is 1. The number of rotatable bonds is 3. The number of ether oxygens (including phenoxy) is 1. The Bertz CT molecular complexity index is 997. The summed E-state index contributed by atoms with van der Waals surface area (Å²) in [6, 6.07) is 10.6. The molecule has 3 aromatic carbocycles. The molecule has 0 saturated heterocycles. The molecular weight excluding hydrogens is 352 g/mol. The maximum absolute atomic E-state index is 13.7. The van der Waals surface area contributed by atoms with Gasteiger partial charge in [-0.2, -0.15) is 13.2 Å². The van der Waals surface area contributed by atoms with Crippen LogP contribution in [0.1, 0.15) is 12.5 Å². The molecule has 26 heavy (non-hydrogen) atoms. The summed E-state index contributed by atoms with van der Waals surface area (Å²) in [5, 5.41) is 11.6. The van der Waals surface area contributed by atoms with Crippen LogP contribution in [0.25, 0.3) is 21.5 Å². The van der Waals surface area contributed by atoms with Gasteiger partial charge in [0.1, 0.15) is 5.82 Å². The molecule has 0 aliphatic rings. The Labute approximate surface area is 145 Å². The summed E-state index contributed by atoms with van der Waals surface area (Å²) in [4.78, 5) is 12.0. The smallest absolute Gasteiger partial charge is 0.432 e. The molecule has 0 heterocycles. The fourth-order valence-electron chi connectivity index (χ4n) is 2.99. The van der Waals surface area contributed by atoms with Gasteiger partial charge in [-0.1, -0.05) is 36.4 Å². The number of carbonyl (C=O) groups is 1. The van der Waals surface area contributed by atoms with Crippen molar-refractivity contribution in [3.63, 3.8) is 0 Å². The second-order valence-electron chi connectivity index (χ2n) is 5.76. The van der Waals surface area contributed by atoms with E-state index < -0.39 is 29.1 Å². The number of halogens is 4. The second kappa shape index (κ2) is 6.25. The highest BCUT2D eigenvalue weighted by Crippen LogP contribution is 2.43. The van der Waals surface area contributed by atoms with Crippen LogP contribution < -0.4 is 0 Å². The number of fused-ring (bicyclic) bond motifs is 3. The van der Waals surface area contributed by atoms with E-state index in [1.807, 2.05) is 0 Å². The Kier molecular flexibility index (Phi) is 4.36. The summed E-state index contributed by atoms with van der Waals surface area (Å²) in [6.45, 7) is 1.02. The summed E-state index contributed by atoms with van der Waals surface area (Å²) < 4.78 is 59.1. The van der Waals surface area contributed by atoms with Crippen LogP contribution in [-0.2, 0) is 15.1 Å². The highest BCUT2D eigenvalue weighted by molar-refractivity contribution is 6.09. The molecule has 3 nitrogen and oxygen atoms in total. The van der Waals surface area contributed by atoms with Crippen molar-refractivity contribution in [2.24, 2.45) is 0 Å². The van der Waals surface area contributed by atoms with E-state index in [9.17, 15) is 27.5 Å². The van der Waals surface area contributed by atoms with Crippen LogP contribution >= 0.6 is 0 Å². The molecule has 136 valence electrons. The van der Waals surface area contributed by atoms with Crippen molar-refractivity contribution in [3.05, 3.63) is 59.9 Å². The standard InChI is InChI=1S/C19H14F4O3/c1-2-26-17(24)18(25,19(21,22)23)16-5-3-4-13-14(16)9-7-11-6-8-12(20)10-15(11)13/h3-10,25H,2H2,1H3. The third-order valence-corrected chi connectivity index (χ3v) is 4.21. The van der Waals surface area contributed by atoms with Crippen LogP contribution in [0.15, 0.2) is 48.5 Å². The number of carbonyl (C=O) groups excluding carboxylic acids is 1. The van der Waals surface area contributed by atoms with Gasteiger partial charge in [0.2, 0.25) is 0 Å². The Morgan fingerprint density at radius 3 is 2.38 bits per heavy atom. The van der Waals surface area contributed by atoms with E-state index in [0.717, 1.165) is 6.07 Å². The van der Waals surface area contributed by atoms with Crippen molar-refractivity contribution in [2.45, 2.75) is 18.7 Å². The van der Waals surface area contributed by atoms with Crippen molar-refractivity contribution in [2.75, 3.05) is 6.61 Å². The lowest BCUT2D eigenvalue weighted by Crippen LogP contribution is -2.50. The zero-order chi connectivity index (χ0) is 19.1. The molecule has 0 aromatic heterocycles. The monoisotopic (exact) mass is 366 g/mol. The Balaban J connectivity index is 2.38. The second-order valence-corrected chi connectivity index (χ2v) is 5.76. The molecule has 3 aromatic rings. The van der Waals surface area contributed by atoms with Crippen molar-refractivity contribution in [1.29, 1.82) is 0 Å². The van der Waals surface area contributed by atoms with E-state index >= 15 is 0 Å². The largest absolute Gasteiger partial charge is 0.463 e. The highest BCUT2D eigenvalue weighted by Gasteiger charge is 2.62. The van der Waals surface area contributed by atoms with Crippen LogP contribution in [-0.4, -0.2) is 23.9 Å². The minimum atomic E-state index is -5.30. The van der Waals surface area contributed by atoms with Crippen LogP contribution in [0.5, 0.6) is 0 Å². The maximum atomic E-state index is 13.7. The van der Waals surface area contributed by atoms with Gasteiger partial charge in [-0.15, -0.1) is 0 Å². The Morgan fingerprint density at radius 2 is 1.73 bits per heavy atom. The summed E-state index contributed by atoms with van der Waals surface area (Å²) >= 11 is 0. The van der Waals surface area contributed by atoms with Gasteiger partial charge in [0.15, 0.2) is 0 Å². The number of aliphatic hydroxyl groups is 1. The SMILES string of the molecule is CCOC(=O)C(O)(c1cccc2c1ccc1ccc(F)cc12)C(F)(F)F. The predicted octanol–water partition coefficient (Wildman–Crippen LogP) is 4.45. The minimum Gasteiger partial charge on any atom is -0.463 e. The van der Waals surface area contributed by atoms with Gasteiger partial charge in [0, 0.05) is 5.56 Å². The van der Waals surface area contributed by atoms with Crippen molar-refractivity contribution in [1.82, 2.24) is 0 Å². The van der Waals surface area contributed by atoms with Gasteiger partial charge in [0.05, 0.1) is 6.61 Å². The van der Waals surface area contributed by atoms with E-state index in [1.165, 1.54) is 49.4 Å². The summed E-state index contributed by atoms with van der Waals surface area (Å²) in [7, 11) is 0. The van der Waals surface area contributed by atoms with Crippen LogP contribution in [0.2, 0.25) is 0 Å². The van der Waals surface area contributed by atoms with Gasteiger partial charge < -0.3 is 9.84 Å². The van der Waals surface area contributed by atoms with Gasteiger partial charge in [-0.3, -0.25) is 0 Å². The van der Waals surface area contributed by atoms with E-state index in [4.69, 9.17) is 0 Å². The van der Waals surface area contributed by atoms with E-state index in [-0.39, 0.29) is 17.4 Å². The van der Waals surface area contributed by atoms with E-state index in [2.05, 4.69) is 4.74 Å². The first-order valence-electron chi connectivity index (χ1n) is 7.78. The normalized spacial score (nSPS) is 14.4. The molecule has 0 fully saturated rings. The zero-order valence-corrected chi connectivity index (χ0v) is 13.6. The maximum Gasteiger partial charge on any atom is 0.432 e. The van der Waals surface area contributed by atoms with Crippen LogP contribution in [0, 0.1) is 5.82 Å². The molecule has 1 atom stereocenters. The number of hydrogen-bond acceptors (Lipinski definition) is 3. The molecule has 0 spiro atoms. The number of benzene rings is 3. The molecule has 7 heteroatoms.